The Hall–Kier alpha value is -0.960. The molecule has 0 unspecified atom stereocenters. The van der Waals surface area contributed by atoms with E-state index >= 15 is 0 Å². The molecule has 1 nitrogen and oxygen atoms in total. The van der Waals surface area contributed by atoms with Crippen LogP contribution >= 0.6 is 12.2 Å². The van der Waals surface area contributed by atoms with E-state index < -0.39 is 0 Å². The van der Waals surface area contributed by atoms with Crippen LogP contribution in [0.5, 0.6) is 5.75 Å². The molecule has 0 saturated heterocycles. The third kappa shape index (κ3) is 1.86. The van der Waals surface area contributed by atoms with Crippen molar-refractivity contribution in [2.45, 2.75) is 20.3 Å². The van der Waals surface area contributed by atoms with E-state index in [9.17, 15) is 4.53 Å². The van der Waals surface area contributed by atoms with Gasteiger partial charge in [0, 0.05) is 15.5 Å². The molecule has 0 aromatic heterocycles. The van der Waals surface area contributed by atoms with E-state index in [0.717, 1.165) is 17.5 Å². The second-order valence-corrected chi connectivity index (χ2v) is 3.05. The molecule has 0 saturated carbocycles. The molecular formula is C10H11FOS. The van der Waals surface area contributed by atoms with Crippen molar-refractivity contribution in [3.63, 3.8) is 0 Å². The molecule has 1 rings (SSSR count). The molecule has 0 amide bonds. The van der Waals surface area contributed by atoms with E-state index in [1.54, 1.807) is 6.07 Å². The average molecular weight is 198 g/mol. The first-order chi connectivity index (χ1) is 6.24. The first-order valence-electron chi connectivity index (χ1n) is 4.10. The van der Waals surface area contributed by atoms with Gasteiger partial charge in [-0.2, -0.15) is 0 Å². The summed E-state index contributed by atoms with van der Waals surface area (Å²) in [5.41, 5.74) is 2.52. The van der Waals surface area contributed by atoms with Crippen LogP contribution in [0.2, 0.25) is 0 Å². The number of hydrogen-bond acceptors (Lipinski definition) is 2. The molecule has 1 aromatic carbocycles. The minimum atomic E-state index is 0.245. The summed E-state index contributed by atoms with van der Waals surface area (Å²) in [5, 5.41) is 1.42. The maximum absolute atomic E-state index is 12.2. The van der Waals surface area contributed by atoms with E-state index in [0.29, 0.717) is 5.56 Å². The molecule has 13 heavy (non-hydrogen) atoms. The third-order valence-corrected chi connectivity index (χ3v) is 2.39. The predicted octanol–water partition coefficient (Wildman–Crippen LogP) is 3.17. The standard InChI is InChI=1S/C10H11FOS/c1-3-8-4-5-9(6-13)10(12-11)7(8)2/h4-6H,3H2,1-2H3. The van der Waals surface area contributed by atoms with Gasteiger partial charge in [0.25, 0.3) is 0 Å². The van der Waals surface area contributed by atoms with Crippen LogP contribution in [-0.4, -0.2) is 5.37 Å². The Labute approximate surface area is 82.4 Å². The van der Waals surface area contributed by atoms with Crippen LogP contribution in [0.3, 0.4) is 0 Å². The van der Waals surface area contributed by atoms with Crippen LogP contribution in [0.1, 0.15) is 23.6 Å². The first kappa shape index (κ1) is 10.1. The monoisotopic (exact) mass is 198 g/mol. The lowest BCUT2D eigenvalue weighted by Gasteiger charge is -2.08. The number of rotatable bonds is 3. The second kappa shape index (κ2) is 4.33. The predicted molar refractivity (Wildman–Crippen MR) is 55.1 cm³/mol. The zero-order valence-electron chi connectivity index (χ0n) is 7.63. The minimum Gasteiger partial charge on any atom is -0.293 e. The van der Waals surface area contributed by atoms with Crippen LogP contribution in [-0.2, 0) is 6.42 Å². The van der Waals surface area contributed by atoms with Gasteiger partial charge in [0.1, 0.15) is 0 Å². The van der Waals surface area contributed by atoms with Crippen molar-refractivity contribution < 1.29 is 9.47 Å². The zero-order chi connectivity index (χ0) is 9.84. The molecule has 0 N–H and O–H groups in total. The first-order valence-corrected chi connectivity index (χ1v) is 4.58. The molecular weight excluding hydrogens is 187 g/mol. The number of halogens is 1. The van der Waals surface area contributed by atoms with Crippen molar-refractivity contribution in [1.29, 1.82) is 0 Å². The Balaban J connectivity index is 3.31. The zero-order valence-corrected chi connectivity index (χ0v) is 8.45. The number of hydrogen-bond donors (Lipinski definition) is 0. The van der Waals surface area contributed by atoms with Gasteiger partial charge < -0.3 is 0 Å². The molecule has 1 aromatic rings. The lowest BCUT2D eigenvalue weighted by molar-refractivity contribution is -0.00723. The Kier molecular flexibility index (Phi) is 3.37. The summed E-state index contributed by atoms with van der Waals surface area (Å²) in [5.74, 6) is 0.245. The SMILES string of the molecule is CCc1ccc(C=S)c(OF)c1C. The summed E-state index contributed by atoms with van der Waals surface area (Å²) < 4.78 is 12.2. The van der Waals surface area contributed by atoms with Gasteiger partial charge in [-0.3, -0.25) is 4.94 Å². The van der Waals surface area contributed by atoms with Gasteiger partial charge in [-0.1, -0.05) is 25.2 Å². The van der Waals surface area contributed by atoms with Crippen LogP contribution in [0.4, 0.5) is 4.53 Å². The summed E-state index contributed by atoms with van der Waals surface area (Å²) in [4.78, 5) is 3.81. The molecule has 3 heteroatoms. The van der Waals surface area contributed by atoms with Crippen molar-refractivity contribution in [1.82, 2.24) is 0 Å². The Morgan fingerprint density at radius 1 is 1.54 bits per heavy atom. The minimum absolute atomic E-state index is 0.245. The molecule has 70 valence electrons. The smallest absolute Gasteiger partial charge is 0.183 e. The second-order valence-electron chi connectivity index (χ2n) is 2.82. The fraction of sp³-hybridized carbons (Fsp3) is 0.300. The molecule has 0 spiro atoms. The van der Waals surface area contributed by atoms with Crippen molar-refractivity contribution in [2.24, 2.45) is 0 Å². The summed E-state index contributed by atoms with van der Waals surface area (Å²) >= 11 is 4.74. The lowest BCUT2D eigenvalue weighted by Crippen LogP contribution is -1.94. The number of aryl methyl sites for hydroxylation is 1. The number of thiocarbonyl (C=S) groups is 1. The lowest BCUT2D eigenvalue weighted by atomic mass is 10.0. The average Bonchev–Trinajstić information content (AvgIpc) is 2.17. The highest BCUT2D eigenvalue weighted by Gasteiger charge is 2.09. The summed E-state index contributed by atoms with van der Waals surface area (Å²) in [6, 6.07) is 3.71. The molecule has 0 bridgehead atoms. The Morgan fingerprint density at radius 3 is 2.69 bits per heavy atom. The molecule has 0 atom stereocenters. The van der Waals surface area contributed by atoms with Crippen LogP contribution in [0.15, 0.2) is 12.1 Å². The van der Waals surface area contributed by atoms with Gasteiger partial charge in [-0.15, -0.1) is 0 Å². The van der Waals surface area contributed by atoms with Crippen molar-refractivity contribution in [2.75, 3.05) is 0 Å². The summed E-state index contributed by atoms with van der Waals surface area (Å²) in [6.45, 7) is 3.84. The summed E-state index contributed by atoms with van der Waals surface area (Å²) in [6.07, 6.45) is 0.861. The maximum atomic E-state index is 12.2. The topological polar surface area (TPSA) is 9.23 Å². The van der Waals surface area contributed by atoms with E-state index in [-0.39, 0.29) is 5.75 Å². The van der Waals surface area contributed by atoms with Gasteiger partial charge >= 0.3 is 0 Å². The number of benzene rings is 1. The fourth-order valence-electron chi connectivity index (χ4n) is 1.33. The van der Waals surface area contributed by atoms with Gasteiger partial charge in [0.2, 0.25) is 0 Å². The van der Waals surface area contributed by atoms with E-state index in [2.05, 4.69) is 4.94 Å². The third-order valence-electron chi connectivity index (χ3n) is 2.13. The molecule has 0 fully saturated rings. The van der Waals surface area contributed by atoms with Crippen LogP contribution < -0.4 is 4.94 Å². The molecule has 0 heterocycles. The highest BCUT2D eigenvalue weighted by Crippen LogP contribution is 2.26. The van der Waals surface area contributed by atoms with E-state index in [1.807, 2.05) is 19.9 Å². The van der Waals surface area contributed by atoms with E-state index in [4.69, 9.17) is 12.2 Å². The van der Waals surface area contributed by atoms with Crippen molar-refractivity contribution >= 4 is 17.6 Å². The quantitative estimate of drug-likeness (QED) is 0.690. The van der Waals surface area contributed by atoms with Gasteiger partial charge in [0.05, 0.1) is 0 Å². The van der Waals surface area contributed by atoms with Crippen LogP contribution in [0.25, 0.3) is 0 Å². The molecule has 0 aliphatic carbocycles. The van der Waals surface area contributed by atoms with E-state index in [1.165, 1.54) is 5.37 Å². The van der Waals surface area contributed by atoms with Gasteiger partial charge in [-0.25, -0.2) is 0 Å². The van der Waals surface area contributed by atoms with Gasteiger partial charge in [-0.05, 0) is 30.5 Å². The van der Waals surface area contributed by atoms with Gasteiger partial charge in [0.15, 0.2) is 5.75 Å². The highest BCUT2D eigenvalue weighted by molar-refractivity contribution is 7.79. The Morgan fingerprint density at radius 2 is 2.23 bits per heavy atom. The van der Waals surface area contributed by atoms with Crippen molar-refractivity contribution in [3.05, 3.63) is 28.8 Å². The van der Waals surface area contributed by atoms with Crippen molar-refractivity contribution in [3.8, 4) is 5.75 Å². The largest absolute Gasteiger partial charge is 0.293 e. The molecule has 0 aliphatic rings. The maximum Gasteiger partial charge on any atom is 0.183 e. The van der Waals surface area contributed by atoms with Crippen LogP contribution in [0, 0.1) is 6.92 Å². The molecule has 0 radical (unpaired) electrons. The summed E-state index contributed by atoms with van der Waals surface area (Å²) in [7, 11) is 0. The fourth-order valence-corrected chi connectivity index (χ4v) is 1.52. The highest BCUT2D eigenvalue weighted by atomic mass is 32.1. The Bertz CT molecular complexity index is 323. The normalized spacial score (nSPS) is 9.77. The molecule has 0 aliphatic heterocycles.